The zero-order chi connectivity index (χ0) is 27.0. The maximum Gasteiger partial charge on any atom is 0.305 e. The van der Waals surface area contributed by atoms with Crippen molar-refractivity contribution in [3.8, 4) is 5.75 Å². The molecule has 0 unspecified atom stereocenters. The molecule has 1 aliphatic heterocycles. The average Bonchev–Trinajstić information content (AvgIpc) is 3.32. The zero-order valence-electron chi connectivity index (χ0n) is 22.8. The number of carbonyl (C=O) groups is 1. The second-order valence-corrected chi connectivity index (χ2v) is 10.3. The number of esters is 1. The average molecular weight is 618 g/mol. The standard InChI is InChI=1S/C33H33N2O3S.BrH/c1-3-38-33(36)16-9-22-35-30-13-6-7-14-31(30)39-32(35)15-8-10-26-21-23-34(29-12-5-4-11-28(26)29)24-25-17-19-27(37-2)20-18-25;/h4-8,10-15,17-21,23H,3,9,16,22,24H2,1-2H3;1H/q+1;/p-1. The Morgan fingerprint density at radius 1 is 1.00 bits per heavy atom. The minimum atomic E-state index is -0.136. The number of para-hydroxylation sites is 2. The number of thioether (sulfide) groups is 1. The van der Waals surface area contributed by atoms with Crippen LogP contribution < -0.4 is 31.2 Å². The first-order chi connectivity index (χ1) is 19.2. The summed E-state index contributed by atoms with van der Waals surface area (Å²) in [6.07, 6.45) is 9.79. The lowest BCUT2D eigenvalue weighted by atomic mass is 10.1. The van der Waals surface area contributed by atoms with E-state index in [9.17, 15) is 4.79 Å². The molecule has 0 radical (unpaired) electrons. The molecule has 5 nitrogen and oxygen atoms in total. The number of halogens is 1. The van der Waals surface area contributed by atoms with E-state index in [1.807, 2.05) is 19.1 Å². The van der Waals surface area contributed by atoms with Gasteiger partial charge < -0.3 is 31.4 Å². The lowest BCUT2D eigenvalue weighted by Crippen LogP contribution is -3.00. The lowest BCUT2D eigenvalue weighted by Gasteiger charge is -2.20. The van der Waals surface area contributed by atoms with E-state index in [0.717, 1.165) is 30.3 Å². The molecule has 0 saturated carbocycles. The van der Waals surface area contributed by atoms with Gasteiger partial charge in [0.25, 0.3) is 0 Å². The summed E-state index contributed by atoms with van der Waals surface area (Å²) in [4.78, 5) is 15.4. The van der Waals surface area contributed by atoms with Crippen molar-refractivity contribution < 1.29 is 35.8 Å². The number of fused-ring (bicyclic) bond motifs is 2. The summed E-state index contributed by atoms with van der Waals surface area (Å²) < 4.78 is 12.7. The van der Waals surface area contributed by atoms with Gasteiger partial charge in [0.1, 0.15) is 5.75 Å². The highest BCUT2D eigenvalue weighted by molar-refractivity contribution is 8.03. The molecule has 40 heavy (non-hydrogen) atoms. The Bertz CT molecular complexity index is 1520. The normalized spacial score (nSPS) is 13.4. The number of carbonyl (C=O) groups excluding carboxylic acids is 1. The highest BCUT2D eigenvalue weighted by Crippen LogP contribution is 2.45. The van der Waals surface area contributed by atoms with Crippen molar-refractivity contribution in [3.63, 3.8) is 0 Å². The Labute approximate surface area is 250 Å². The van der Waals surface area contributed by atoms with Gasteiger partial charge in [-0.25, -0.2) is 0 Å². The molecule has 0 N–H and O–H groups in total. The second-order valence-electron chi connectivity index (χ2n) is 9.26. The summed E-state index contributed by atoms with van der Waals surface area (Å²) in [6, 6.07) is 27.3. The number of ether oxygens (including phenoxy) is 2. The molecule has 2 heterocycles. The number of allylic oxidation sites excluding steroid dienone is 2. The number of benzene rings is 3. The van der Waals surface area contributed by atoms with Crippen LogP contribution in [0, 0.1) is 0 Å². The Hall–Kier alpha value is -3.55. The third-order valence-electron chi connectivity index (χ3n) is 6.69. The minimum Gasteiger partial charge on any atom is -1.00 e. The molecule has 5 rings (SSSR count). The van der Waals surface area contributed by atoms with Gasteiger partial charge in [0.15, 0.2) is 12.7 Å². The largest absolute Gasteiger partial charge is 1.00 e. The Morgan fingerprint density at radius 2 is 1.77 bits per heavy atom. The van der Waals surface area contributed by atoms with Crippen molar-refractivity contribution in [2.45, 2.75) is 31.2 Å². The number of hydrogen-bond acceptors (Lipinski definition) is 5. The number of hydrogen-bond donors (Lipinski definition) is 0. The van der Waals surface area contributed by atoms with Gasteiger partial charge in [0, 0.05) is 35.6 Å². The molecule has 206 valence electrons. The van der Waals surface area contributed by atoms with Crippen LogP contribution in [0.4, 0.5) is 5.69 Å². The number of aromatic nitrogens is 1. The molecule has 7 heteroatoms. The third kappa shape index (κ3) is 6.95. The van der Waals surface area contributed by atoms with E-state index < -0.39 is 0 Å². The fourth-order valence-corrected chi connectivity index (χ4v) is 5.88. The van der Waals surface area contributed by atoms with E-state index >= 15 is 0 Å². The van der Waals surface area contributed by atoms with Crippen molar-refractivity contribution >= 4 is 40.4 Å². The predicted molar refractivity (Wildman–Crippen MR) is 159 cm³/mol. The molecule has 0 saturated heterocycles. The number of methoxy groups -OCH3 is 1. The molecule has 1 aromatic heterocycles. The van der Waals surface area contributed by atoms with E-state index in [0.29, 0.717) is 13.0 Å². The van der Waals surface area contributed by atoms with Crippen molar-refractivity contribution in [2.75, 3.05) is 25.2 Å². The second kappa shape index (κ2) is 14.2. The van der Waals surface area contributed by atoms with Crippen molar-refractivity contribution in [1.29, 1.82) is 0 Å². The van der Waals surface area contributed by atoms with E-state index in [-0.39, 0.29) is 23.0 Å². The van der Waals surface area contributed by atoms with Gasteiger partial charge in [0.2, 0.25) is 5.52 Å². The Morgan fingerprint density at radius 3 is 2.58 bits per heavy atom. The monoisotopic (exact) mass is 616 g/mol. The van der Waals surface area contributed by atoms with Crippen molar-refractivity contribution in [1.82, 2.24) is 0 Å². The highest BCUT2D eigenvalue weighted by Gasteiger charge is 2.24. The smallest absolute Gasteiger partial charge is 0.305 e. The van der Waals surface area contributed by atoms with Crippen LogP contribution in [0.1, 0.15) is 30.9 Å². The first kappa shape index (κ1) is 29.4. The van der Waals surface area contributed by atoms with Gasteiger partial charge >= 0.3 is 5.97 Å². The summed E-state index contributed by atoms with van der Waals surface area (Å²) in [6.45, 7) is 3.82. The number of nitrogens with zero attached hydrogens (tertiary/aromatic N) is 2. The summed E-state index contributed by atoms with van der Waals surface area (Å²) >= 11 is 1.76. The topological polar surface area (TPSA) is 42.7 Å². The minimum absolute atomic E-state index is 0. The molecule has 0 atom stereocenters. The van der Waals surface area contributed by atoms with E-state index in [1.54, 1.807) is 18.9 Å². The molecule has 0 amide bonds. The molecule has 0 spiro atoms. The first-order valence-corrected chi connectivity index (χ1v) is 14.1. The molecule has 4 aromatic rings. The van der Waals surface area contributed by atoms with Gasteiger partial charge in [-0.05, 0) is 67.4 Å². The van der Waals surface area contributed by atoms with Crippen molar-refractivity contribution in [3.05, 3.63) is 113 Å². The summed E-state index contributed by atoms with van der Waals surface area (Å²) in [5.74, 6) is 0.729. The van der Waals surface area contributed by atoms with Gasteiger partial charge in [-0.1, -0.05) is 48.2 Å². The van der Waals surface area contributed by atoms with Crippen LogP contribution in [-0.2, 0) is 16.1 Å². The maximum atomic E-state index is 11.9. The zero-order valence-corrected chi connectivity index (χ0v) is 25.2. The fourth-order valence-electron chi connectivity index (χ4n) is 4.78. The van der Waals surface area contributed by atoms with Crippen LogP contribution in [0.2, 0.25) is 0 Å². The van der Waals surface area contributed by atoms with Crippen LogP contribution in [-0.4, -0.2) is 26.2 Å². The fraction of sp³-hybridized carbons (Fsp3) is 0.212. The Balaban J connectivity index is 0.00000370. The van der Waals surface area contributed by atoms with Gasteiger partial charge in [-0.15, -0.1) is 0 Å². The van der Waals surface area contributed by atoms with Crippen LogP contribution in [0.15, 0.2) is 107 Å². The molecule has 0 fully saturated rings. The number of anilines is 1. The van der Waals surface area contributed by atoms with Crippen molar-refractivity contribution in [2.24, 2.45) is 0 Å². The molecular formula is C33H33BrN2O3S. The maximum absolute atomic E-state index is 11.9. The van der Waals surface area contributed by atoms with Gasteiger partial charge in [-0.2, -0.15) is 4.57 Å². The Kier molecular flexibility index (Phi) is 10.4. The summed E-state index contributed by atoms with van der Waals surface area (Å²) in [5, 5.41) is 2.36. The highest BCUT2D eigenvalue weighted by atomic mass is 79.9. The third-order valence-corrected chi connectivity index (χ3v) is 7.82. The quantitative estimate of drug-likeness (QED) is 0.199. The summed E-state index contributed by atoms with van der Waals surface area (Å²) in [5.41, 5.74) is 4.77. The predicted octanol–water partition coefficient (Wildman–Crippen LogP) is 4.00. The molecule has 0 aliphatic carbocycles. The number of pyridine rings is 1. The molecule has 0 bridgehead atoms. The summed E-state index contributed by atoms with van der Waals surface area (Å²) in [7, 11) is 1.69. The van der Waals surface area contributed by atoms with Crippen LogP contribution >= 0.6 is 11.8 Å². The SMILES string of the molecule is CCOC(=O)CCCN1/C(=C/C=C/c2cc[n+](Cc3ccc(OC)cc3)c3ccccc23)Sc2ccccc21.[Br-]. The molecule has 1 aliphatic rings. The van der Waals surface area contributed by atoms with E-state index in [1.165, 1.54) is 32.6 Å². The van der Waals surface area contributed by atoms with Crippen LogP contribution in [0.5, 0.6) is 5.75 Å². The molecular weight excluding hydrogens is 584 g/mol. The van der Waals surface area contributed by atoms with Gasteiger partial charge in [0.05, 0.1) is 29.8 Å². The van der Waals surface area contributed by atoms with Crippen LogP contribution in [0.25, 0.3) is 17.0 Å². The lowest BCUT2D eigenvalue weighted by molar-refractivity contribution is -0.662. The van der Waals surface area contributed by atoms with E-state index in [2.05, 4.69) is 101 Å². The molecule has 3 aromatic carbocycles. The van der Waals surface area contributed by atoms with Gasteiger partial charge in [-0.3, -0.25) is 4.79 Å². The van der Waals surface area contributed by atoms with Crippen LogP contribution in [0.3, 0.4) is 0 Å². The number of rotatable bonds is 10. The van der Waals surface area contributed by atoms with E-state index in [4.69, 9.17) is 9.47 Å². The first-order valence-electron chi connectivity index (χ1n) is 13.3.